The molecule has 4 heteroatoms. The minimum atomic E-state index is -0.205. The van der Waals surface area contributed by atoms with Gasteiger partial charge in [-0.15, -0.1) is 0 Å². The molecule has 20 heavy (non-hydrogen) atoms. The first-order valence-corrected chi connectivity index (χ1v) is 6.58. The van der Waals surface area contributed by atoms with E-state index in [-0.39, 0.29) is 11.9 Å². The van der Waals surface area contributed by atoms with E-state index in [1.165, 1.54) is 6.07 Å². The summed E-state index contributed by atoms with van der Waals surface area (Å²) < 4.78 is 13.5. The molecular weight excluding hydrogens is 253 g/mol. The van der Waals surface area contributed by atoms with Gasteiger partial charge in [0.05, 0.1) is 5.69 Å². The van der Waals surface area contributed by atoms with Crippen LogP contribution in [-0.2, 0) is 6.42 Å². The van der Waals surface area contributed by atoms with E-state index in [4.69, 9.17) is 4.99 Å². The molecule has 3 nitrogen and oxygen atoms in total. The van der Waals surface area contributed by atoms with Crippen LogP contribution in [0.5, 0.6) is 0 Å². The molecule has 2 heterocycles. The van der Waals surface area contributed by atoms with Crippen LogP contribution in [0.1, 0.15) is 22.9 Å². The van der Waals surface area contributed by atoms with Crippen molar-refractivity contribution in [3.05, 3.63) is 65.2 Å². The van der Waals surface area contributed by atoms with Crippen LogP contribution >= 0.6 is 0 Å². The van der Waals surface area contributed by atoms with Crippen molar-refractivity contribution in [1.82, 2.24) is 9.88 Å². The number of hydrogen-bond donors (Lipinski definition) is 0. The van der Waals surface area contributed by atoms with Gasteiger partial charge in [0.2, 0.25) is 0 Å². The number of amidine groups is 1. The van der Waals surface area contributed by atoms with Gasteiger partial charge in [0.15, 0.2) is 0 Å². The monoisotopic (exact) mass is 269 g/mol. The molecule has 0 saturated heterocycles. The van der Waals surface area contributed by atoms with Gasteiger partial charge >= 0.3 is 0 Å². The fourth-order valence-corrected chi connectivity index (χ4v) is 2.47. The van der Waals surface area contributed by atoms with Crippen LogP contribution in [0.4, 0.5) is 4.39 Å². The second kappa shape index (κ2) is 5.04. The fourth-order valence-electron chi connectivity index (χ4n) is 2.47. The lowest BCUT2D eigenvalue weighted by molar-refractivity contribution is 0.585. The fraction of sp³-hybridized carbons (Fsp3) is 0.250. The third-order valence-corrected chi connectivity index (χ3v) is 3.51. The largest absolute Gasteiger partial charge is 0.366 e. The Balaban J connectivity index is 2.12. The standard InChI is InChI=1S/C16H16FN3/c1-20(2)15-10-11-9-12(17)6-7-13(11)16(19-15)14-5-3-4-8-18-14/h3-9,16H,10H2,1-2H3. The number of halogens is 1. The van der Waals surface area contributed by atoms with Gasteiger partial charge in [-0.3, -0.25) is 9.98 Å². The number of hydrogen-bond acceptors (Lipinski definition) is 3. The molecule has 0 amide bonds. The Labute approximate surface area is 117 Å². The molecule has 1 unspecified atom stereocenters. The summed E-state index contributed by atoms with van der Waals surface area (Å²) >= 11 is 0. The lowest BCUT2D eigenvalue weighted by atomic mass is 9.92. The Bertz CT molecular complexity index is 650. The number of aliphatic imine (C=N–C) groups is 1. The molecule has 0 spiro atoms. The molecule has 0 bridgehead atoms. The van der Waals surface area contributed by atoms with Gasteiger partial charge in [0, 0.05) is 26.7 Å². The highest BCUT2D eigenvalue weighted by atomic mass is 19.1. The smallest absolute Gasteiger partial charge is 0.123 e. The number of benzene rings is 1. The number of rotatable bonds is 1. The molecule has 1 aromatic heterocycles. The van der Waals surface area contributed by atoms with Gasteiger partial charge in [-0.25, -0.2) is 4.39 Å². The minimum Gasteiger partial charge on any atom is -0.366 e. The van der Waals surface area contributed by atoms with E-state index < -0.39 is 0 Å². The van der Waals surface area contributed by atoms with Crippen LogP contribution in [-0.4, -0.2) is 29.8 Å². The maximum atomic E-state index is 13.5. The van der Waals surface area contributed by atoms with Crippen molar-refractivity contribution in [1.29, 1.82) is 0 Å². The predicted molar refractivity (Wildman–Crippen MR) is 77.3 cm³/mol. The number of nitrogens with zero attached hydrogens (tertiary/aromatic N) is 3. The number of aromatic nitrogens is 1. The molecule has 1 aliphatic heterocycles. The van der Waals surface area contributed by atoms with Crippen molar-refractivity contribution in [3.8, 4) is 0 Å². The Morgan fingerprint density at radius 3 is 2.75 bits per heavy atom. The summed E-state index contributed by atoms with van der Waals surface area (Å²) in [5.41, 5.74) is 2.91. The van der Waals surface area contributed by atoms with Gasteiger partial charge in [-0.1, -0.05) is 12.1 Å². The zero-order chi connectivity index (χ0) is 14.1. The summed E-state index contributed by atoms with van der Waals surface area (Å²) in [5, 5.41) is 0. The molecule has 0 fully saturated rings. The summed E-state index contributed by atoms with van der Waals surface area (Å²) in [7, 11) is 3.91. The average Bonchev–Trinajstić information content (AvgIpc) is 2.46. The molecule has 1 aromatic carbocycles. The first-order chi connectivity index (χ1) is 9.65. The van der Waals surface area contributed by atoms with Gasteiger partial charge < -0.3 is 4.90 Å². The van der Waals surface area contributed by atoms with Gasteiger partial charge in [-0.2, -0.15) is 0 Å². The summed E-state index contributed by atoms with van der Waals surface area (Å²) in [5.74, 6) is 0.738. The molecule has 1 atom stereocenters. The zero-order valence-electron chi connectivity index (χ0n) is 11.5. The Morgan fingerprint density at radius 2 is 2.05 bits per heavy atom. The maximum Gasteiger partial charge on any atom is 0.123 e. The predicted octanol–water partition coefficient (Wildman–Crippen LogP) is 2.83. The van der Waals surface area contributed by atoms with Crippen molar-refractivity contribution in [3.63, 3.8) is 0 Å². The minimum absolute atomic E-state index is 0.155. The van der Waals surface area contributed by atoms with Crippen molar-refractivity contribution < 1.29 is 4.39 Å². The third-order valence-electron chi connectivity index (χ3n) is 3.51. The Kier molecular flexibility index (Phi) is 3.22. The van der Waals surface area contributed by atoms with Crippen LogP contribution in [0.25, 0.3) is 0 Å². The van der Waals surface area contributed by atoms with Crippen LogP contribution in [0, 0.1) is 5.82 Å². The van der Waals surface area contributed by atoms with Gasteiger partial charge in [0.25, 0.3) is 0 Å². The normalized spacial score (nSPS) is 17.4. The van der Waals surface area contributed by atoms with Crippen molar-refractivity contribution >= 4 is 5.84 Å². The van der Waals surface area contributed by atoms with Crippen molar-refractivity contribution in [2.45, 2.75) is 12.5 Å². The van der Waals surface area contributed by atoms with Crippen LogP contribution in [0.2, 0.25) is 0 Å². The summed E-state index contributed by atoms with van der Waals surface area (Å²) in [6.07, 6.45) is 2.42. The molecule has 3 rings (SSSR count). The van der Waals surface area contributed by atoms with E-state index in [0.717, 1.165) is 22.7 Å². The lowest BCUT2D eigenvalue weighted by Gasteiger charge is -2.27. The second-order valence-corrected chi connectivity index (χ2v) is 5.12. The van der Waals surface area contributed by atoms with Gasteiger partial charge in [-0.05, 0) is 35.4 Å². The summed E-state index contributed by atoms with van der Waals surface area (Å²) in [4.78, 5) is 11.2. The van der Waals surface area contributed by atoms with E-state index in [9.17, 15) is 4.39 Å². The molecule has 102 valence electrons. The molecule has 1 aliphatic rings. The molecule has 0 radical (unpaired) electrons. The highest BCUT2D eigenvalue weighted by Gasteiger charge is 2.25. The quantitative estimate of drug-likeness (QED) is 0.796. The molecular formula is C16H16FN3. The van der Waals surface area contributed by atoms with Crippen LogP contribution < -0.4 is 0 Å². The van der Waals surface area contributed by atoms with Crippen LogP contribution in [0.3, 0.4) is 0 Å². The maximum absolute atomic E-state index is 13.5. The first-order valence-electron chi connectivity index (χ1n) is 6.58. The van der Waals surface area contributed by atoms with Crippen molar-refractivity contribution in [2.24, 2.45) is 4.99 Å². The number of fused-ring (bicyclic) bond motifs is 1. The van der Waals surface area contributed by atoms with E-state index in [1.807, 2.05) is 43.3 Å². The number of pyridine rings is 1. The van der Waals surface area contributed by atoms with Crippen molar-refractivity contribution in [2.75, 3.05) is 14.1 Å². The Morgan fingerprint density at radius 1 is 1.20 bits per heavy atom. The molecule has 0 N–H and O–H groups in total. The first kappa shape index (κ1) is 12.8. The lowest BCUT2D eigenvalue weighted by Crippen LogP contribution is -2.29. The summed E-state index contributed by atoms with van der Waals surface area (Å²) in [6, 6.07) is 10.5. The number of likely N-dealkylation sites (N-methyl/N-ethyl adjacent to an activating group) is 1. The van der Waals surface area contributed by atoms with E-state index in [1.54, 1.807) is 12.3 Å². The SMILES string of the molecule is CN(C)C1=NC(c2ccccn2)c2ccc(F)cc2C1. The second-order valence-electron chi connectivity index (χ2n) is 5.12. The van der Waals surface area contributed by atoms with E-state index >= 15 is 0 Å². The van der Waals surface area contributed by atoms with Crippen LogP contribution in [0.15, 0.2) is 47.6 Å². The third kappa shape index (κ3) is 2.29. The summed E-state index contributed by atoms with van der Waals surface area (Å²) in [6.45, 7) is 0. The zero-order valence-corrected chi connectivity index (χ0v) is 11.5. The van der Waals surface area contributed by atoms with E-state index in [2.05, 4.69) is 4.98 Å². The van der Waals surface area contributed by atoms with Gasteiger partial charge in [0.1, 0.15) is 17.7 Å². The van der Waals surface area contributed by atoms with E-state index in [0.29, 0.717) is 6.42 Å². The highest BCUT2D eigenvalue weighted by Crippen LogP contribution is 2.32. The molecule has 0 aliphatic carbocycles. The highest BCUT2D eigenvalue weighted by molar-refractivity contribution is 5.86. The topological polar surface area (TPSA) is 28.5 Å². The molecule has 2 aromatic rings. The Hall–Kier alpha value is -2.23. The average molecular weight is 269 g/mol. The molecule has 0 saturated carbocycles.